The topological polar surface area (TPSA) is 3.24 Å². The molecule has 2 aromatic carbocycles. The minimum Gasteiger partial charge on any atom is -0.377 e. The Morgan fingerprint density at radius 1 is 0.900 bits per heavy atom. The standard InChI is InChI=1S/C18H25N.C9H12.C2H6/c1-8-15(13-14(2)18(3,4)5)16-11-9-10-12-17(16)19(6)7;1-8(2)9-6-4-3-5-7-9;1-2/h8-13H,1-2H2,3-7H3;3-8H,1-2H3;1-2H3/b15-13+;;. The molecule has 164 valence electrons. The van der Waals surface area contributed by atoms with Crippen LogP contribution in [0.15, 0.2) is 85.5 Å². The van der Waals surface area contributed by atoms with Crippen LogP contribution in [0.4, 0.5) is 5.69 Å². The van der Waals surface area contributed by atoms with Crippen molar-refractivity contribution in [1.82, 2.24) is 0 Å². The van der Waals surface area contributed by atoms with Crippen molar-refractivity contribution in [2.45, 2.75) is 54.4 Å². The fraction of sp³-hybridized carbons (Fsp3) is 0.379. The van der Waals surface area contributed by atoms with Gasteiger partial charge in [0.2, 0.25) is 0 Å². The Balaban J connectivity index is 0.000000636. The molecule has 2 aromatic rings. The van der Waals surface area contributed by atoms with Gasteiger partial charge < -0.3 is 4.90 Å². The smallest absolute Gasteiger partial charge is 0.0440 e. The lowest BCUT2D eigenvalue weighted by Crippen LogP contribution is -2.11. The Morgan fingerprint density at radius 2 is 1.40 bits per heavy atom. The van der Waals surface area contributed by atoms with E-state index in [4.69, 9.17) is 0 Å². The average Bonchev–Trinajstić information content (AvgIpc) is 2.73. The summed E-state index contributed by atoms with van der Waals surface area (Å²) in [5, 5.41) is 0. The van der Waals surface area contributed by atoms with Crippen LogP contribution in [-0.2, 0) is 0 Å². The second kappa shape index (κ2) is 13.6. The monoisotopic (exact) mass is 405 g/mol. The Labute approximate surface area is 186 Å². The largest absolute Gasteiger partial charge is 0.377 e. The summed E-state index contributed by atoms with van der Waals surface area (Å²) in [6.07, 6.45) is 4.04. The van der Waals surface area contributed by atoms with Crippen molar-refractivity contribution in [3.05, 3.63) is 96.6 Å². The quantitative estimate of drug-likeness (QED) is 0.449. The molecule has 0 aliphatic rings. The Bertz CT molecular complexity index is 787. The number of para-hydroxylation sites is 1. The third kappa shape index (κ3) is 9.31. The molecular formula is C29H43N. The van der Waals surface area contributed by atoms with Crippen molar-refractivity contribution >= 4 is 11.3 Å². The lowest BCUT2D eigenvalue weighted by molar-refractivity contribution is 0.519. The summed E-state index contributed by atoms with van der Waals surface area (Å²) >= 11 is 0. The molecule has 0 saturated heterocycles. The molecule has 0 heterocycles. The number of benzene rings is 2. The lowest BCUT2D eigenvalue weighted by atomic mass is 9.85. The highest BCUT2D eigenvalue weighted by atomic mass is 15.1. The van der Waals surface area contributed by atoms with Crippen LogP contribution in [0, 0.1) is 5.41 Å². The number of anilines is 1. The van der Waals surface area contributed by atoms with Crippen LogP contribution in [0.25, 0.3) is 5.57 Å². The van der Waals surface area contributed by atoms with Gasteiger partial charge in [-0.25, -0.2) is 0 Å². The van der Waals surface area contributed by atoms with Gasteiger partial charge in [-0.2, -0.15) is 0 Å². The minimum absolute atomic E-state index is 0.0708. The van der Waals surface area contributed by atoms with Crippen LogP contribution >= 0.6 is 0 Å². The van der Waals surface area contributed by atoms with Crippen molar-refractivity contribution < 1.29 is 0 Å². The maximum atomic E-state index is 4.18. The van der Waals surface area contributed by atoms with Crippen LogP contribution in [0.1, 0.15) is 65.5 Å². The molecule has 0 atom stereocenters. The van der Waals surface area contributed by atoms with Gasteiger partial charge in [0, 0.05) is 25.3 Å². The van der Waals surface area contributed by atoms with E-state index in [0.717, 1.165) is 11.1 Å². The average molecular weight is 406 g/mol. The highest BCUT2D eigenvalue weighted by Crippen LogP contribution is 2.31. The molecule has 0 aliphatic carbocycles. The predicted octanol–water partition coefficient (Wildman–Crippen LogP) is 8.76. The summed E-state index contributed by atoms with van der Waals surface area (Å²) in [4.78, 5) is 2.12. The Kier molecular flexibility index (Phi) is 12.5. The van der Waals surface area contributed by atoms with Gasteiger partial charge >= 0.3 is 0 Å². The highest BCUT2D eigenvalue weighted by molar-refractivity contribution is 5.83. The molecule has 1 nitrogen and oxygen atoms in total. The molecule has 0 N–H and O–H groups in total. The summed E-state index contributed by atoms with van der Waals surface area (Å²) in [5.74, 6) is 0.659. The molecule has 0 fully saturated rings. The number of nitrogens with zero attached hydrogens (tertiary/aromatic N) is 1. The second-order valence-electron chi connectivity index (χ2n) is 8.56. The van der Waals surface area contributed by atoms with Crippen LogP contribution in [-0.4, -0.2) is 14.1 Å². The van der Waals surface area contributed by atoms with Crippen LogP contribution < -0.4 is 4.90 Å². The first kappa shape index (κ1) is 27.5. The molecule has 0 spiro atoms. The van der Waals surface area contributed by atoms with Gasteiger partial charge in [0.25, 0.3) is 0 Å². The van der Waals surface area contributed by atoms with E-state index in [1.165, 1.54) is 16.8 Å². The normalized spacial score (nSPS) is 10.9. The molecule has 1 heteroatoms. The molecule has 0 aliphatic heterocycles. The summed E-state index contributed by atoms with van der Waals surface area (Å²) in [6, 6.07) is 18.9. The van der Waals surface area contributed by atoms with Gasteiger partial charge in [0.1, 0.15) is 0 Å². The predicted molar refractivity (Wildman–Crippen MR) is 139 cm³/mol. The first-order valence-corrected chi connectivity index (χ1v) is 10.9. The van der Waals surface area contributed by atoms with Crippen LogP contribution in [0.3, 0.4) is 0 Å². The van der Waals surface area contributed by atoms with Gasteiger partial charge in [0.05, 0.1) is 0 Å². The lowest BCUT2D eigenvalue weighted by Gasteiger charge is -2.22. The SMILES string of the molecule is C=C/C(=C\C(=C)C(C)(C)C)c1ccccc1N(C)C.CC.CC(C)c1ccccc1. The van der Waals surface area contributed by atoms with E-state index in [0.29, 0.717) is 5.92 Å². The summed E-state index contributed by atoms with van der Waals surface area (Å²) in [7, 11) is 4.11. The third-order valence-electron chi connectivity index (χ3n) is 4.68. The van der Waals surface area contributed by atoms with Crippen molar-refractivity contribution in [2.24, 2.45) is 5.41 Å². The molecule has 0 aromatic heterocycles. The van der Waals surface area contributed by atoms with E-state index in [2.05, 4.69) is 121 Å². The van der Waals surface area contributed by atoms with Crippen molar-refractivity contribution in [3.8, 4) is 0 Å². The number of hydrogen-bond donors (Lipinski definition) is 0. The molecule has 0 amide bonds. The fourth-order valence-electron chi connectivity index (χ4n) is 2.60. The van der Waals surface area contributed by atoms with Gasteiger partial charge in [-0.1, -0.05) is 122 Å². The maximum absolute atomic E-state index is 4.18. The van der Waals surface area contributed by atoms with Crippen molar-refractivity contribution in [1.29, 1.82) is 0 Å². The van der Waals surface area contributed by atoms with E-state index in [-0.39, 0.29) is 5.41 Å². The van der Waals surface area contributed by atoms with Gasteiger partial charge in [-0.15, -0.1) is 0 Å². The molecule has 0 saturated carbocycles. The Morgan fingerprint density at radius 3 is 1.80 bits per heavy atom. The van der Waals surface area contributed by atoms with Gasteiger partial charge in [0.15, 0.2) is 0 Å². The number of rotatable bonds is 5. The zero-order chi connectivity index (χ0) is 23.3. The second-order valence-corrected chi connectivity index (χ2v) is 8.56. The number of allylic oxidation sites excluding steroid dienone is 4. The summed E-state index contributed by atoms with van der Waals surface area (Å²) in [6.45, 7) is 23.0. The first-order chi connectivity index (χ1) is 14.1. The molecular weight excluding hydrogens is 362 g/mol. The molecule has 0 radical (unpaired) electrons. The Hall–Kier alpha value is -2.54. The molecule has 2 rings (SSSR count). The zero-order valence-corrected chi connectivity index (χ0v) is 20.8. The fourth-order valence-corrected chi connectivity index (χ4v) is 2.60. The van der Waals surface area contributed by atoms with Gasteiger partial charge in [-0.05, 0) is 34.1 Å². The summed E-state index contributed by atoms with van der Waals surface area (Å²) < 4.78 is 0. The third-order valence-corrected chi connectivity index (χ3v) is 4.68. The highest BCUT2D eigenvalue weighted by Gasteiger charge is 2.14. The van der Waals surface area contributed by atoms with E-state index >= 15 is 0 Å². The first-order valence-electron chi connectivity index (χ1n) is 10.9. The maximum Gasteiger partial charge on any atom is 0.0440 e. The van der Waals surface area contributed by atoms with Gasteiger partial charge in [-0.3, -0.25) is 0 Å². The van der Waals surface area contributed by atoms with E-state index in [9.17, 15) is 0 Å². The van der Waals surface area contributed by atoms with E-state index < -0.39 is 0 Å². The van der Waals surface area contributed by atoms with E-state index in [1.54, 1.807) is 0 Å². The van der Waals surface area contributed by atoms with Crippen LogP contribution in [0.5, 0.6) is 0 Å². The molecule has 0 unspecified atom stereocenters. The van der Waals surface area contributed by atoms with E-state index in [1.807, 2.05) is 26.0 Å². The molecule has 0 bridgehead atoms. The number of hydrogen-bond acceptors (Lipinski definition) is 1. The molecule has 30 heavy (non-hydrogen) atoms. The van der Waals surface area contributed by atoms with Crippen molar-refractivity contribution in [2.75, 3.05) is 19.0 Å². The van der Waals surface area contributed by atoms with Crippen molar-refractivity contribution in [3.63, 3.8) is 0 Å². The van der Waals surface area contributed by atoms with Crippen LogP contribution in [0.2, 0.25) is 0 Å². The minimum atomic E-state index is 0.0708. The summed E-state index contributed by atoms with van der Waals surface area (Å²) in [5.41, 5.74) is 6.09. The zero-order valence-electron chi connectivity index (χ0n) is 20.8.